The van der Waals surface area contributed by atoms with Gasteiger partial charge in [-0.05, 0) is 151 Å². The number of rotatable bonds is 4. The summed E-state index contributed by atoms with van der Waals surface area (Å²) in [6, 6.07) is 59.9. The molecule has 1 spiro atoms. The first-order chi connectivity index (χ1) is 27.2. The minimum Gasteiger partial charge on any atom is -0.310 e. The van der Waals surface area contributed by atoms with Crippen molar-refractivity contribution < 1.29 is 0 Å². The van der Waals surface area contributed by atoms with Gasteiger partial charge in [-0.2, -0.15) is 0 Å². The predicted octanol–water partition coefficient (Wildman–Crippen LogP) is 14.3. The second-order valence-electron chi connectivity index (χ2n) is 16.9. The van der Waals surface area contributed by atoms with Gasteiger partial charge >= 0.3 is 0 Å². The third-order valence-corrected chi connectivity index (χ3v) is 15.5. The Bertz CT molecular complexity index is 2940. The molecule has 3 heteroatoms. The van der Waals surface area contributed by atoms with Crippen molar-refractivity contribution in [1.29, 1.82) is 0 Å². The highest BCUT2D eigenvalue weighted by molar-refractivity contribution is 7.25. The molecule has 4 bridgehead atoms. The van der Waals surface area contributed by atoms with E-state index >= 15 is 0 Å². The molecule has 0 amide bonds. The summed E-state index contributed by atoms with van der Waals surface area (Å²) < 4.78 is 5.09. The van der Waals surface area contributed by atoms with Crippen molar-refractivity contribution in [1.82, 2.24) is 4.57 Å². The third-order valence-electron chi connectivity index (χ3n) is 14.4. The van der Waals surface area contributed by atoms with E-state index < -0.39 is 0 Å². The number of aromatic nitrogens is 1. The largest absolute Gasteiger partial charge is 0.310 e. The smallest absolute Gasteiger partial charge is 0.0541 e. The highest BCUT2D eigenvalue weighted by Crippen LogP contribution is 2.69. The molecule has 2 heterocycles. The zero-order chi connectivity index (χ0) is 35.8. The van der Waals surface area contributed by atoms with Crippen LogP contribution in [0.5, 0.6) is 0 Å². The van der Waals surface area contributed by atoms with Crippen molar-refractivity contribution in [3.8, 4) is 16.8 Å². The zero-order valence-electron chi connectivity index (χ0n) is 30.7. The number of benzene rings is 7. The first-order valence-electron chi connectivity index (χ1n) is 20.3. The summed E-state index contributed by atoms with van der Waals surface area (Å²) in [6.07, 6.45) is 7.09. The van der Waals surface area contributed by atoms with Crippen LogP contribution in [0.2, 0.25) is 0 Å². The van der Waals surface area contributed by atoms with Gasteiger partial charge in [0.05, 0.1) is 11.0 Å². The number of nitrogens with zero attached hydrogens (tertiary/aromatic N) is 2. The minimum atomic E-state index is 0.168. The summed E-state index contributed by atoms with van der Waals surface area (Å²) in [4.78, 5) is 2.51. The zero-order valence-corrected chi connectivity index (χ0v) is 31.5. The monoisotopic (exact) mass is 724 g/mol. The van der Waals surface area contributed by atoms with Gasteiger partial charge in [-0.3, -0.25) is 0 Å². The topological polar surface area (TPSA) is 8.17 Å². The Labute approximate surface area is 325 Å². The molecule has 5 aliphatic rings. The van der Waals surface area contributed by atoms with E-state index in [-0.39, 0.29) is 5.41 Å². The summed E-state index contributed by atoms with van der Waals surface area (Å²) >= 11 is 1.89. The summed E-state index contributed by atoms with van der Waals surface area (Å²) in [6.45, 7) is 0. The second kappa shape index (κ2) is 11.2. The minimum absolute atomic E-state index is 0.168. The van der Waals surface area contributed by atoms with Gasteiger partial charge in [-0.1, -0.05) is 84.9 Å². The van der Waals surface area contributed by atoms with Gasteiger partial charge in [0.15, 0.2) is 0 Å². The summed E-state index contributed by atoms with van der Waals surface area (Å²) in [5.41, 5.74) is 13.5. The molecule has 2 nitrogen and oxygen atoms in total. The number of fused-ring (bicyclic) bond motifs is 9. The molecule has 4 fully saturated rings. The molecule has 0 saturated heterocycles. The normalized spacial score (nSPS) is 23.3. The molecule has 14 rings (SSSR count). The second-order valence-corrected chi connectivity index (χ2v) is 18.0. The lowest BCUT2D eigenvalue weighted by molar-refractivity contribution is -0.0399. The van der Waals surface area contributed by atoms with Gasteiger partial charge in [-0.25, -0.2) is 0 Å². The molecule has 9 aromatic rings. The number of anilines is 3. The van der Waals surface area contributed by atoms with Crippen LogP contribution in [-0.2, 0) is 5.41 Å². The van der Waals surface area contributed by atoms with Gasteiger partial charge in [0.25, 0.3) is 0 Å². The fourth-order valence-corrected chi connectivity index (χ4v) is 13.6. The lowest BCUT2D eigenvalue weighted by Gasteiger charge is -2.61. The standard InChI is InChI=1S/C52H40N2S/c1-5-13-46-40(9-1)44-30-38(21-23-47(44)52(46)34-26-32-25-33(28-34)29-35(52)27-32)53(39-22-24-51-45(31-39)43-12-4-8-16-50(43)55-51)36-17-19-37(20-18-36)54-48-14-6-2-10-41(48)42-11-3-7-15-49(42)54/h1-24,30-35H,25-29H2. The maximum absolute atomic E-state index is 2.56. The summed E-state index contributed by atoms with van der Waals surface area (Å²) in [5, 5.41) is 5.23. The summed E-state index contributed by atoms with van der Waals surface area (Å²) in [7, 11) is 0. The molecule has 2 aromatic heterocycles. The van der Waals surface area contributed by atoms with E-state index in [1.165, 1.54) is 108 Å². The van der Waals surface area contributed by atoms with E-state index in [0.29, 0.717) is 0 Å². The first kappa shape index (κ1) is 30.7. The van der Waals surface area contributed by atoms with E-state index in [0.717, 1.165) is 23.7 Å². The van der Waals surface area contributed by atoms with Crippen LogP contribution in [0.4, 0.5) is 17.1 Å². The van der Waals surface area contributed by atoms with E-state index in [4.69, 9.17) is 0 Å². The molecular formula is C52H40N2S. The Morgan fingerprint density at radius 3 is 1.76 bits per heavy atom. The molecule has 0 N–H and O–H groups in total. The highest BCUT2D eigenvalue weighted by Gasteiger charge is 2.61. The van der Waals surface area contributed by atoms with Gasteiger partial charge in [0.2, 0.25) is 0 Å². The van der Waals surface area contributed by atoms with Crippen LogP contribution >= 0.6 is 11.3 Å². The molecule has 55 heavy (non-hydrogen) atoms. The molecule has 264 valence electrons. The SMILES string of the molecule is c1ccc2c(c1)-c1cc(N(c3ccc(-n4c5ccccc5c5ccccc54)cc3)c3ccc4sc5ccccc5c4c3)ccc1C21C2CC3CC(C2)CC1C3. The highest BCUT2D eigenvalue weighted by atomic mass is 32.1. The van der Waals surface area contributed by atoms with Gasteiger partial charge < -0.3 is 9.47 Å². The maximum atomic E-state index is 2.56. The van der Waals surface area contributed by atoms with Crippen LogP contribution in [0.3, 0.4) is 0 Å². The number of hydrogen-bond donors (Lipinski definition) is 0. The van der Waals surface area contributed by atoms with Gasteiger partial charge in [0, 0.05) is 59.1 Å². The van der Waals surface area contributed by atoms with Crippen molar-refractivity contribution >= 4 is 70.4 Å². The number of hydrogen-bond acceptors (Lipinski definition) is 2. The van der Waals surface area contributed by atoms with Gasteiger partial charge in [-0.15, -0.1) is 11.3 Å². The lowest BCUT2D eigenvalue weighted by atomic mass is 9.43. The quantitative estimate of drug-likeness (QED) is 0.175. The third kappa shape index (κ3) is 4.14. The Kier molecular flexibility index (Phi) is 6.25. The van der Waals surface area contributed by atoms with Crippen molar-refractivity contribution in [2.45, 2.75) is 37.5 Å². The average molecular weight is 725 g/mol. The van der Waals surface area contributed by atoms with Crippen molar-refractivity contribution in [2.75, 3.05) is 4.90 Å². The molecule has 5 aliphatic carbocycles. The van der Waals surface area contributed by atoms with Crippen LogP contribution < -0.4 is 4.90 Å². The Morgan fingerprint density at radius 1 is 0.455 bits per heavy atom. The van der Waals surface area contributed by atoms with Crippen molar-refractivity contribution in [3.05, 3.63) is 169 Å². The molecule has 0 radical (unpaired) electrons. The fourth-order valence-electron chi connectivity index (χ4n) is 12.5. The van der Waals surface area contributed by atoms with Crippen molar-refractivity contribution in [3.63, 3.8) is 0 Å². The summed E-state index contributed by atoms with van der Waals surface area (Å²) in [5.74, 6) is 3.40. The van der Waals surface area contributed by atoms with Crippen LogP contribution in [-0.4, -0.2) is 4.57 Å². The van der Waals surface area contributed by atoms with Gasteiger partial charge in [0.1, 0.15) is 0 Å². The molecule has 0 unspecified atom stereocenters. The fraction of sp³-hybridized carbons (Fsp3) is 0.192. The number of thiophene rings is 1. The molecular weight excluding hydrogens is 685 g/mol. The molecule has 0 atom stereocenters. The van der Waals surface area contributed by atoms with E-state index in [1.54, 1.807) is 11.1 Å². The van der Waals surface area contributed by atoms with E-state index in [2.05, 4.69) is 167 Å². The first-order valence-corrected chi connectivity index (χ1v) is 21.1. The Morgan fingerprint density at radius 2 is 1.02 bits per heavy atom. The lowest BCUT2D eigenvalue weighted by Crippen LogP contribution is -2.55. The van der Waals surface area contributed by atoms with Crippen LogP contribution in [0, 0.1) is 23.7 Å². The molecule has 0 aliphatic heterocycles. The Hall–Kier alpha value is -5.64. The van der Waals surface area contributed by atoms with E-state index in [9.17, 15) is 0 Å². The number of para-hydroxylation sites is 2. The van der Waals surface area contributed by atoms with Crippen molar-refractivity contribution in [2.24, 2.45) is 23.7 Å². The Balaban J connectivity index is 1.00. The maximum Gasteiger partial charge on any atom is 0.0541 e. The van der Waals surface area contributed by atoms with Crippen LogP contribution in [0.25, 0.3) is 58.8 Å². The predicted molar refractivity (Wildman–Crippen MR) is 232 cm³/mol. The van der Waals surface area contributed by atoms with Crippen LogP contribution in [0.1, 0.15) is 43.2 Å². The van der Waals surface area contributed by atoms with E-state index in [1.807, 2.05) is 11.3 Å². The molecule has 7 aromatic carbocycles. The van der Waals surface area contributed by atoms with Crippen LogP contribution in [0.15, 0.2) is 158 Å². The molecule has 4 saturated carbocycles. The average Bonchev–Trinajstić information content (AvgIpc) is 3.87.